The summed E-state index contributed by atoms with van der Waals surface area (Å²) in [6.07, 6.45) is 0. The Bertz CT molecular complexity index is 410. The van der Waals surface area contributed by atoms with Crippen molar-refractivity contribution in [2.45, 2.75) is 0 Å². The zero-order valence-electron chi connectivity index (χ0n) is 7.71. The van der Waals surface area contributed by atoms with Gasteiger partial charge in [0, 0.05) is 0 Å². The van der Waals surface area contributed by atoms with E-state index in [1.54, 1.807) is 0 Å². The van der Waals surface area contributed by atoms with Crippen molar-refractivity contribution in [1.82, 2.24) is 41.2 Å². The number of hydrogen-bond donors (Lipinski definition) is 0. The molecule has 0 radical (unpaired) electrons. The average Bonchev–Trinajstić information content (AvgIpc) is 2.93. The first-order valence-corrected chi connectivity index (χ1v) is 3.27. The number of aromatic nitrogens is 8. The van der Waals surface area contributed by atoms with E-state index in [0.717, 1.165) is 0 Å². The normalized spacial score (nSPS) is 8.00. The summed E-state index contributed by atoms with van der Waals surface area (Å²) in [6, 6.07) is 0. The van der Waals surface area contributed by atoms with Crippen LogP contribution >= 0.6 is 0 Å². The van der Waals surface area contributed by atoms with Gasteiger partial charge in [-0.2, -0.15) is 10.1 Å². The molecule has 0 saturated carbocycles. The maximum absolute atomic E-state index is 9.66. The van der Waals surface area contributed by atoms with Crippen LogP contribution in [0.3, 0.4) is 0 Å². The number of nitro groups is 2. The molecule has 16 heteroatoms. The minimum atomic E-state index is -0.764. The van der Waals surface area contributed by atoms with Crippen LogP contribution in [0.25, 0.3) is 0 Å². The topological polar surface area (TPSA) is 192 Å². The van der Waals surface area contributed by atoms with Crippen molar-refractivity contribution in [3.8, 4) is 0 Å². The molecule has 0 N–H and O–H groups in total. The molecule has 0 aliphatic rings. The second-order valence-corrected chi connectivity index (χ2v) is 1.87. The van der Waals surface area contributed by atoms with Gasteiger partial charge in [-0.25, -0.2) is 5.21 Å². The van der Waals surface area contributed by atoms with Crippen molar-refractivity contribution in [2.24, 2.45) is 0 Å². The van der Waals surface area contributed by atoms with Gasteiger partial charge in [0.05, 0.1) is 0 Å². The monoisotopic (exact) mass is 354 g/mol. The first-order valence-electron chi connectivity index (χ1n) is 3.27. The van der Waals surface area contributed by atoms with Crippen LogP contribution < -0.4 is 10.3 Å². The zero-order chi connectivity index (χ0) is 12.0. The minimum Gasteiger partial charge on any atom is -0.458 e. The van der Waals surface area contributed by atoms with Crippen molar-refractivity contribution in [1.29, 1.82) is 0 Å². The molecule has 104 valence electrons. The molecular formula is C2Cu2N10O4. The van der Waals surface area contributed by atoms with Gasteiger partial charge >= 0.3 is 40.1 Å². The van der Waals surface area contributed by atoms with Crippen LogP contribution in [0, 0.1) is 20.2 Å². The van der Waals surface area contributed by atoms with Crippen LogP contribution in [-0.4, -0.2) is 40.8 Å². The van der Waals surface area contributed by atoms with E-state index in [0.29, 0.717) is 0 Å². The van der Waals surface area contributed by atoms with Gasteiger partial charge in [0.25, 0.3) is 5.95 Å². The molecule has 0 fully saturated rings. The number of tetrazole rings is 2. The largest absolute Gasteiger partial charge is 1.00 e. The molecule has 0 bridgehead atoms. The van der Waals surface area contributed by atoms with E-state index in [9.17, 15) is 20.2 Å². The predicted molar refractivity (Wildman–Crippen MR) is 39.6 cm³/mol. The Hall–Kier alpha value is -2.02. The number of hydrogen-bond acceptors (Lipinski definition) is 10. The Kier molecular flexibility index (Phi) is 9.23. The molecule has 2 heterocycles. The van der Waals surface area contributed by atoms with Gasteiger partial charge in [0.1, 0.15) is 0 Å². The Morgan fingerprint density at radius 3 is 1.89 bits per heavy atom. The Balaban J connectivity index is 0. The Morgan fingerprint density at radius 2 is 1.67 bits per heavy atom. The summed E-state index contributed by atoms with van der Waals surface area (Å²) in [5.74, 6) is -1.13. The van der Waals surface area contributed by atoms with Gasteiger partial charge < -0.3 is 20.2 Å². The first kappa shape index (κ1) is 18.3. The summed E-state index contributed by atoms with van der Waals surface area (Å²) in [4.78, 5) is 17.8. The Labute approximate surface area is 118 Å². The van der Waals surface area contributed by atoms with Crippen LogP contribution in [0.4, 0.5) is 11.9 Å². The van der Waals surface area contributed by atoms with Crippen LogP contribution in [0.2, 0.25) is 0 Å². The molecule has 14 nitrogen and oxygen atoms in total. The summed E-state index contributed by atoms with van der Waals surface area (Å²) in [7, 11) is 0. The number of nitrogens with zero attached hydrogens (tertiary/aromatic N) is 10. The van der Waals surface area contributed by atoms with Gasteiger partial charge in [-0.1, -0.05) is 20.2 Å². The van der Waals surface area contributed by atoms with E-state index in [-0.39, 0.29) is 34.1 Å². The van der Waals surface area contributed by atoms with Crippen molar-refractivity contribution >= 4 is 11.9 Å². The van der Waals surface area contributed by atoms with Crippen molar-refractivity contribution in [2.75, 3.05) is 0 Å². The van der Waals surface area contributed by atoms with Gasteiger partial charge in [-0.3, -0.25) is 5.10 Å². The van der Waals surface area contributed by atoms with Gasteiger partial charge in [-0.05, 0) is 10.4 Å². The third-order valence-corrected chi connectivity index (χ3v) is 0.943. The van der Waals surface area contributed by atoms with Crippen LogP contribution in [-0.2, 0) is 34.1 Å². The maximum atomic E-state index is 9.66. The molecule has 0 amide bonds. The second kappa shape index (κ2) is 9.06. The molecule has 18 heavy (non-hydrogen) atoms. The molecule has 2 rings (SSSR count). The molecule has 2 aromatic heterocycles. The molecule has 0 aliphatic carbocycles. The van der Waals surface area contributed by atoms with E-state index in [1.807, 2.05) is 0 Å². The van der Waals surface area contributed by atoms with Crippen molar-refractivity contribution < 1.29 is 44.0 Å². The zero-order valence-corrected chi connectivity index (χ0v) is 9.59. The van der Waals surface area contributed by atoms with Gasteiger partial charge in [0.15, 0.2) is 0 Å². The molecule has 2 aromatic rings. The smallest absolute Gasteiger partial charge is 0.458 e. The van der Waals surface area contributed by atoms with E-state index >= 15 is 0 Å². The molecule has 0 spiro atoms. The summed E-state index contributed by atoms with van der Waals surface area (Å²) < 4.78 is 0. The minimum absolute atomic E-state index is 0. The van der Waals surface area contributed by atoms with Gasteiger partial charge in [0.2, 0.25) is 0 Å². The molecule has 0 aliphatic heterocycles. The van der Waals surface area contributed by atoms with Crippen LogP contribution in [0.5, 0.6) is 0 Å². The molecular weight excluding hydrogens is 355 g/mol. The van der Waals surface area contributed by atoms with E-state index < -0.39 is 21.7 Å². The second-order valence-electron chi connectivity index (χ2n) is 1.87. The number of rotatable bonds is 2. The summed E-state index contributed by atoms with van der Waals surface area (Å²) in [5.41, 5.74) is 0. The standard InChI is InChI=1S/2CN5O2.2Cu/c2*7-6(8)1-2-4-5-3-1;;/q2*-1;2*+1. The van der Waals surface area contributed by atoms with E-state index in [1.165, 1.54) is 0 Å². The van der Waals surface area contributed by atoms with Crippen molar-refractivity contribution in [3.63, 3.8) is 0 Å². The molecule has 0 aromatic carbocycles. The van der Waals surface area contributed by atoms with E-state index in [2.05, 4.69) is 41.2 Å². The molecule has 0 atom stereocenters. The fourth-order valence-corrected chi connectivity index (χ4v) is 0.426. The van der Waals surface area contributed by atoms with Crippen LogP contribution in [0.15, 0.2) is 0 Å². The van der Waals surface area contributed by atoms with Crippen molar-refractivity contribution in [3.05, 3.63) is 20.2 Å². The molecule has 0 unspecified atom stereocenters. The summed E-state index contributed by atoms with van der Waals surface area (Å²) in [5, 5.41) is 42.7. The predicted octanol–water partition coefficient (Wildman–Crippen LogP) is -2.53. The van der Waals surface area contributed by atoms with E-state index in [4.69, 9.17) is 0 Å². The van der Waals surface area contributed by atoms with Gasteiger partial charge in [-0.15, -0.1) is 0 Å². The fraction of sp³-hybridized carbons (Fsp3) is 0. The summed E-state index contributed by atoms with van der Waals surface area (Å²) >= 11 is 0. The third kappa shape index (κ3) is 5.90. The maximum Gasteiger partial charge on any atom is 1.00 e. The SMILES string of the molecule is O=[N+]([O-])c1nn[n-]n1.O=[N+]([O-])c1nnn[n-]1.[Cu+].[Cu+]. The Morgan fingerprint density at radius 1 is 1.00 bits per heavy atom. The quantitative estimate of drug-likeness (QED) is 0.312. The first-order chi connectivity index (χ1) is 7.61. The third-order valence-electron chi connectivity index (χ3n) is 0.943. The molecule has 0 saturated heterocycles. The van der Waals surface area contributed by atoms with Crippen LogP contribution in [0.1, 0.15) is 0 Å². The average molecular weight is 355 g/mol. The fourth-order valence-electron chi connectivity index (χ4n) is 0.426. The summed E-state index contributed by atoms with van der Waals surface area (Å²) in [6.45, 7) is 0.